The predicted octanol–water partition coefficient (Wildman–Crippen LogP) is 2.21. The van der Waals surface area contributed by atoms with Crippen LogP contribution in [-0.2, 0) is 4.79 Å². The van der Waals surface area contributed by atoms with Gasteiger partial charge in [0.1, 0.15) is 0 Å². The van der Waals surface area contributed by atoms with Crippen LogP contribution >= 0.6 is 0 Å². The Kier molecular flexibility index (Phi) is 2.76. The van der Waals surface area contributed by atoms with Gasteiger partial charge in [-0.15, -0.1) is 0 Å². The number of benzene rings is 2. The first-order valence-corrected chi connectivity index (χ1v) is 6.00. The summed E-state index contributed by atoms with van der Waals surface area (Å²) in [5.41, 5.74) is 4.33. The second-order valence-electron chi connectivity index (χ2n) is 4.34. The Morgan fingerprint density at radius 3 is 2.00 bits per heavy atom. The molecule has 0 atom stereocenters. The maximum atomic E-state index is 11.6. The van der Waals surface area contributed by atoms with E-state index in [1.165, 1.54) is 0 Å². The molecule has 3 rings (SSSR count). The van der Waals surface area contributed by atoms with Crippen molar-refractivity contribution < 1.29 is 9.59 Å². The molecule has 0 spiro atoms. The third kappa shape index (κ3) is 1.87. The van der Waals surface area contributed by atoms with Crippen molar-refractivity contribution in [1.82, 2.24) is 10.6 Å². The zero-order valence-electron chi connectivity index (χ0n) is 10.1. The zero-order valence-corrected chi connectivity index (χ0v) is 10.1. The van der Waals surface area contributed by atoms with Crippen molar-refractivity contribution in [2.75, 3.05) is 0 Å². The highest BCUT2D eigenvalue weighted by Crippen LogP contribution is 2.42. The Morgan fingerprint density at radius 2 is 1.47 bits per heavy atom. The van der Waals surface area contributed by atoms with Gasteiger partial charge in [0.2, 0.25) is 6.41 Å². The minimum absolute atomic E-state index is 0.215. The van der Waals surface area contributed by atoms with Crippen LogP contribution < -0.4 is 10.6 Å². The molecule has 0 aromatic heterocycles. The molecule has 0 fully saturated rings. The summed E-state index contributed by atoms with van der Waals surface area (Å²) in [5, 5.41) is 4.91. The summed E-state index contributed by atoms with van der Waals surface area (Å²) in [7, 11) is 0. The SMILES string of the molecule is O=CNC(=O)NC1c2ccccc2-c2ccccc21. The molecule has 2 N–H and O–H groups in total. The van der Waals surface area contributed by atoms with Gasteiger partial charge in [0.05, 0.1) is 6.04 Å². The van der Waals surface area contributed by atoms with Gasteiger partial charge in [0.15, 0.2) is 0 Å². The molecule has 0 heterocycles. The van der Waals surface area contributed by atoms with Crippen LogP contribution in [0.1, 0.15) is 17.2 Å². The minimum Gasteiger partial charge on any atom is -0.327 e. The van der Waals surface area contributed by atoms with Gasteiger partial charge < -0.3 is 5.32 Å². The summed E-state index contributed by atoms with van der Waals surface area (Å²) >= 11 is 0. The highest BCUT2D eigenvalue weighted by molar-refractivity contribution is 5.87. The van der Waals surface area contributed by atoms with Gasteiger partial charge in [-0.05, 0) is 22.3 Å². The van der Waals surface area contributed by atoms with Crippen molar-refractivity contribution in [3.05, 3.63) is 59.7 Å². The molecule has 0 radical (unpaired) electrons. The summed E-state index contributed by atoms with van der Waals surface area (Å²) in [6.07, 6.45) is 0.377. The third-order valence-electron chi connectivity index (χ3n) is 3.30. The molecule has 1 aliphatic rings. The van der Waals surface area contributed by atoms with E-state index >= 15 is 0 Å². The van der Waals surface area contributed by atoms with E-state index in [0.717, 1.165) is 22.3 Å². The normalized spacial score (nSPS) is 12.4. The quantitative estimate of drug-likeness (QED) is 0.805. The van der Waals surface area contributed by atoms with E-state index in [1.807, 2.05) is 48.5 Å². The van der Waals surface area contributed by atoms with Crippen LogP contribution in [0, 0.1) is 0 Å². The van der Waals surface area contributed by atoms with E-state index in [9.17, 15) is 9.59 Å². The number of hydrogen-bond donors (Lipinski definition) is 2. The van der Waals surface area contributed by atoms with E-state index in [1.54, 1.807) is 0 Å². The predicted molar refractivity (Wildman–Crippen MR) is 71.5 cm³/mol. The minimum atomic E-state index is -0.494. The first kappa shape index (κ1) is 11.5. The molecule has 4 heteroatoms. The highest BCUT2D eigenvalue weighted by atomic mass is 16.2. The van der Waals surface area contributed by atoms with Crippen LogP contribution in [0.2, 0.25) is 0 Å². The molecule has 3 amide bonds. The van der Waals surface area contributed by atoms with Crippen LogP contribution in [0.4, 0.5) is 4.79 Å². The molecule has 0 unspecified atom stereocenters. The lowest BCUT2D eigenvalue weighted by molar-refractivity contribution is -0.108. The zero-order chi connectivity index (χ0) is 13.2. The average molecular weight is 252 g/mol. The van der Waals surface area contributed by atoms with Gasteiger partial charge in [0.25, 0.3) is 0 Å². The fourth-order valence-corrected chi connectivity index (χ4v) is 2.54. The standard InChI is InChI=1S/C15H12N2O2/c18-9-16-15(19)17-14-12-7-3-1-5-10(12)11-6-2-4-8-13(11)14/h1-9,14H,(H2,16,17,18,19). The van der Waals surface area contributed by atoms with Gasteiger partial charge in [-0.1, -0.05) is 48.5 Å². The van der Waals surface area contributed by atoms with Gasteiger partial charge in [-0.25, -0.2) is 4.79 Å². The second kappa shape index (κ2) is 4.57. The van der Waals surface area contributed by atoms with Crippen LogP contribution in [0.5, 0.6) is 0 Å². The molecule has 0 aliphatic heterocycles. The van der Waals surface area contributed by atoms with E-state index in [0.29, 0.717) is 6.41 Å². The summed E-state index contributed by atoms with van der Waals surface area (Å²) in [6, 6.07) is 15.2. The topological polar surface area (TPSA) is 58.2 Å². The van der Waals surface area contributed by atoms with Crippen LogP contribution in [0.15, 0.2) is 48.5 Å². The Labute approximate surface area is 110 Å². The van der Waals surface area contributed by atoms with Crippen molar-refractivity contribution in [1.29, 1.82) is 0 Å². The Bertz CT molecular complexity index is 607. The van der Waals surface area contributed by atoms with Crippen molar-refractivity contribution in [2.45, 2.75) is 6.04 Å². The molecule has 19 heavy (non-hydrogen) atoms. The Morgan fingerprint density at radius 1 is 0.947 bits per heavy atom. The lowest BCUT2D eigenvalue weighted by Gasteiger charge is -2.14. The average Bonchev–Trinajstić information content (AvgIpc) is 2.75. The van der Waals surface area contributed by atoms with Gasteiger partial charge in [0, 0.05) is 0 Å². The molecule has 2 aromatic rings. The van der Waals surface area contributed by atoms with Crippen molar-refractivity contribution in [3.63, 3.8) is 0 Å². The fourth-order valence-electron chi connectivity index (χ4n) is 2.54. The number of fused-ring (bicyclic) bond motifs is 3. The van der Waals surface area contributed by atoms with Crippen molar-refractivity contribution in [3.8, 4) is 11.1 Å². The molecule has 4 nitrogen and oxygen atoms in total. The monoisotopic (exact) mass is 252 g/mol. The number of carbonyl (C=O) groups excluding carboxylic acids is 2. The van der Waals surface area contributed by atoms with E-state index in [4.69, 9.17) is 0 Å². The van der Waals surface area contributed by atoms with Gasteiger partial charge in [-0.2, -0.15) is 0 Å². The molecule has 2 aromatic carbocycles. The van der Waals surface area contributed by atoms with Gasteiger partial charge in [-0.3, -0.25) is 10.1 Å². The fraction of sp³-hybridized carbons (Fsp3) is 0.0667. The number of amides is 3. The largest absolute Gasteiger partial charge is 0.327 e. The number of carbonyl (C=O) groups is 2. The maximum Gasteiger partial charge on any atom is 0.321 e. The summed E-state index contributed by atoms with van der Waals surface area (Å²) in [4.78, 5) is 21.9. The molecule has 0 saturated carbocycles. The maximum absolute atomic E-state index is 11.6. The molecule has 0 bridgehead atoms. The number of rotatable bonds is 2. The first-order chi connectivity index (χ1) is 9.31. The Hall–Kier alpha value is -2.62. The van der Waals surface area contributed by atoms with E-state index < -0.39 is 6.03 Å². The summed E-state index contributed by atoms with van der Waals surface area (Å²) < 4.78 is 0. The Balaban J connectivity index is 2.05. The summed E-state index contributed by atoms with van der Waals surface area (Å²) in [5.74, 6) is 0. The first-order valence-electron chi connectivity index (χ1n) is 6.00. The lowest BCUT2D eigenvalue weighted by atomic mass is 10.1. The van der Waals surface area contributed by atoms with E-state index in [2.05, 4.69) is 10.6 Å². The molecule has 1 aliphatic carbocycles. The highest BCUT2D eigenvalue weighted by Gasteiger charge is 2.28. The van der Waals surface area contributed by atoms with Crippen LogP contribution in [0.25, 0.3) is 11.1 Å². The molecule has 94 valence electrons. The van der Waals surface area contributed by atoms with E-state index in [-0.39, 0.29) is 6.04 Å². The second-order valence-corrected chi connectivity index (χ2v) is 4.34. The third-order valence-corrected chi connectivity index (χ3v) is 3.30. The smallest absolute Gasteiger partial charge is 0.321 e. The summed E-state index contributed by atoms with van der Waals surface area (Å²) in [6.45, 7) is 0. The number of imide groups is 1. The number of nitrogens with one attached hydrogen (secondary N) is 2. The van der Waals surface area contributed by atoms with Crippen molar-refractivity contribution >= 4 is 12.4 Å². The number of hydrogen-bond acceptors (Lipinski definition) is 2. The molecular formula is C15H12N2O2. The molecule has 0 saturated heterocycles. The lowest BCUT2D eigenvalue weighted by Crippen LogP contribution is -2.36. The van der Waals surface area contributed by atoms with Crippen LogP contribution in [-0.4, -0.2) is 12.4 Å². The molecular weight excluding hydrogens is 240 g/mol. The van der Waals surface area contributed by atoms with Gasteiger partial charge >= 0.3 is 6.03 Å². The van der Waals surface area contributed by atoms with Crippen molar-refractivity contribution in [2.24, 2.45) is 0 Å². The number of urea groups is 1. The van der Waals surface area contributed by atoms with Crippen LogP contribution in [0.3, 0.4) is 0 Å².